The van der Waals surface area contributed by atoms with Crippen LogP contribution in [0.15, 0.2) is 18.2 Å². The maximum atomic E-state index is 13.7. The largest absolute Gasteiger partial charge is 0.334 e. The van der Waals surface area contributed by atoms with Gasteiger partial charge in [0.05, 0.1) is 6.04 Å². The SMILES string of the molecule is O=C(C1CSCN1)N(Cc1ccc(F)cc1F)C1CC1. The normalized spacial score (nSPS) is 22.0. The fourth-order valence-corrected chi connectivity index (χ4v) is 3.29. The third kappa shape index (κ3) is 2.96. The molecule has 0 spiro atoms. The van der Waals surface area contributed by atoms with Crippen molar-refractivity contribution in [3.8, 4) is 0 Å². The van der Waals surface area contributed by atoms with E-state index in [0.29, 0.717) is 5.56 Å². The molecule has 6 heteroatoms. The zero-order chi connectivity index (χ0) is 14.1. The van der Waals surface area contributed by atoms with Crippen LogP contribution < -0.4 is 5.32 Å². The van der Waals surface area contributed by atoms with Gasteiger partial charge in [-0.1, -0.05) is 6.07 Å². The van der Waals surface area contributed by atoms with Crippen molar-refractivity contribution in [1.82, 2.24) is 10.2 Å². The van der Waals surface area contributed by atoms with Crippen LogP contribution in [-0.4, -0.2) is 34.5 Å². The topological polar surface area (TPSA) is 32.3 Å². The minimum Gasteiger partial charge on any atom is -0.334 e. The summed E-state index contributed by atoms with van der Waals surface area (Å²) in [5, 5.41) is 3.15. The van der Waals surface area contributed by atoms with Gasteiger partial charge in [0.15, 0.2) is 0 Å². The fourth-order valence-electron chi connectivity index (χ4n) is 2.36. The highest BCUT2D eigenvalue weighted by Crippen LogP contribution is 2.30. The highest BCUT2D eigenvalue weighted by atomic mass is 32.2. The summed E-state index contributed by atoms with van der Waals surface area (Å²) in [6.07, 6.45) is 1.93. The van der Waals surface area contributed by atoms with E-state index in [-0.39, 0.29) is 24.5 Å². The molecule has 1 N–H and O–H groups in total. The summed E-state index contributed by atoms with van der Waals surface area (Å²) >= 11 is 1.69. The highest BCUT2D eigenvalue weighted by molar-refractivity contribution is 7.99. The minimum absolute atomic E-state index is 0.0289. The second-order valence-electron chi connectivity index (χ2n) is 5.20. The fraction of sp³-hybridized carbons (Fsp3) is 0.500. The summed E-state index contributed by atoms with van der Waals surface area (Å²) < 4.78 is 26.7. The maximum Gasteiger partial charge on any atom is 0.241 e. The third-order valence-corrected chi connectivity index (χ3v) is 4.58. The Hall–Kier alpha value is -1.14. The standard InChI is InChI=1S/C14H16F2N2OS/c15-10-2-1-9(12(16)5-10)6-18(11-3-4-11)14(19)13-7-20-8-17-13/h1-2,5,11,13,17H,3-4,6-8H2. The molecule has 3 rings (SSSR count). The van der Waals surface area contributed by atoms with Crippen molar-refractivity contribution in [2.24, 2.45) is 0 Å². The van der Waals surface area contributed by atoms with Crippen LogP contribution in [0.3, 0.4) is 0 Å². The van der Waals surface area contributed by atoms with Crippen molar-refractivity contribution in [2.45, 2.75) is 31.5 Å². The maximum absolute atomic E-state index is 13.7. The Labute approximate surface area is 120 Å². The van der Waals surface area contributed by atoms with Crippen LogP contribution in [0.1, 0.15) is 18.4 Å². The van der Waals surface area contributed by atoms with Crippen LogP contribution in [0, 0.1) is 11.6 Å². The number of carbonyl (C=O) groups is 1. The van der Waals surface area contributed by atoms with Gasteiger partial charge in [-0.2, -0.15) is 0 Å². The Balaban J connectivity index is 1.75. The Bertz CT molecular complexity index is 516. The number of hydrogen-bond acceptors (Lipinski definition) is 3. The number of thioether (sulfide) groups is 1. The lowest BCUT2D eigenvalue weighted by Gasteiger charge is -2.25. The summed E-state index contributed by atoms with van der Waals surface area (Å²) in [5.74, 6) is 0.385. The van der Waals surface area contributed by atoms with Crippen LogP contribution in [0.2, 0.25) is 0 Å². The zero-order valence-corrected chi connectivity index (χ0v) is 11.8. The molecule has 1 aliphatic carbocycles. The first-order chi connectivity index (χ1) is 9.65. The summed E-state index contributed by atoms with van der Waals surface area (Å²) in [6, 6.07) is 3.56. The Morgan fingerprint density at radius 3 is 2.80 bits per heavy atom. The van der Waals surface area contributed by atoms with Crippen LogP contribution >= 0.6 is 11.8 Å². The van der Waals surface area contributed by atoms with Crippen LogP contribution in [0.4, 0.5) is 8.78 Å². The molecule has 108 valence electrons. The lowest BCUT2D eigenvalue weighted by atomic mass is 10.1. The molecule has 0 bridgehead atoms. The van der Waals surface area contributed by atoms with Crippen molar-refractivity contribution in [3.63, 3.8) is 0 Å². The molecule has 1 amide bonds. The Kier molecular flexibility index (Phi) is 3.94. The molecule has 0 aromatic heterocycles. The molecular formula is C14H16F2N2OS. The molecule has 1 unspecified atom stereocenters. The van der Waals surface area contributed by atoms with E-state index >= 15 is 0 Å². The van der Waals surface area contributed by atoms with Crippen LogP contribution in [0.25, 0.3) is 0 Å². The van der Waals surface area contributed by atoms with Crippen molar-refractivity contribution in [1.29, 1.82) is 0 Å². The van der Waals surface area contributed by atoms with Crippen molar-refractivity contribution in [3.05, 3.63) is 35.4 Å². The quantitative estimate of drug-likeness (QED) is 0.924. The predicted octanol–water partition coefficient (Wildman–Crippen LogP) is 2.12. The van der Waals surface area contributed by atoms with Gasteiger partial charge < -0.3 is 4.90 Å². The first-order valence-electron chi connectivity index (χ1n) is 6.70. The molecule has 1 aromatic rings. The number of nitrogens with zero attached hydrogens (tertiary/aromatic N) is 1. The molecule has 1 heterocycles. The molecule has 2 aliphatic rings. The van der Waals surface area contributed by atoms with Gasteiger partial charge in [-0.3, -0.25) is 10.1 Å². The second kappa shape index (κ2) is 5.69. The third-order valence-electron chi connectivity index (χ3n) is 3.64. The summed E-state index contributed by atoms with van der Waals surface area (Å²) in [6.45, 7) is 0.221. The van der Waals surface area contributed by atoms with Crippen molar-refractivity contribution < 1.29 is 13.6 Å². The number of benzene rings is 1. The molecule has 20 heavy (non-hydrogen) atoms. The lowest BCUT2D eigenvalue weighted by Crippen LogP contribution is -2.45. The number of hydrogen-bond donors (Lipinski definition) is 1. The molecule has 3 nitrogen and oxygen atoms in total. The number of nitrogens with one attached hydrogen (secondary N) is 1. The molecular weight excluding hydrogens is 282 g/mol. The lowest BCUT2D eigenvalue weighted by molar-refractivity contribution is -0.133. The van der Waals surface area contributed by atoms with Crippen LogP contribution in [-0.2, 0) is 11.3 Å². The zero-order valence-electron chi connectivity index (χ0n) is 10.9. The van der Waals surface area contributed by atoms with E-state index in [1.54, 1.807) is 16.7 Å². The highest BCUT2D eigenvalue weighted by Gasteiger charge is 2.37. The molecule has 1 saturated carbocycles. The van der Waals surface area contributed by atoms with Gasteiger partial charge in [-0.15, -0.1) is 11.8 Å². The first kappa shape index (κ1) is 13.8. The summed E-state index contributed by atoms with van der Waals surface area (Å²) in [5.41, 5.74) is 0.373. The molecule has 1 aliphatic heterocycles. The van der Waals surface area contributed by atoms with Gasteiger partial charge >= 0.3 is 0 Å². The van der Waals surface area contributed by atoms with E-state index in [2.05, 4.69) is 5.32 Å². The Morgan fingerprint density at radius 2 is 2.20 bits per heavy atom. The number of carbonyl (C=O) groups excluding carboxylic acids is 1. The summed E-state index contributed by atoms with van der Waals surface area (Å²) in [7, 11) is 0. The van der Waals surface area contributed by atoms with E-state index in [4.69, 9.17) is 0 Å². The Morgan fingerprint density at radius 1 is 1.40 bits per heavy atom. The smallest absolute Gasteiger partial charge is 0.241 e. The molecule has 1 aromatic carbocycles. The van der Waals surface area contributed by atoms with E-state index in [0.717, 1.165) is 30.5 Å². The van der Waals surface area contributed by atoms with E-state index in [1.165, 1.54) is 12.1 Å². The number of amides is 1. The monoisotopic (exact) mass is 298 g/mol. The summed E-state index contributed by atoms with van der Waals surface area (Å²) in [4.78, 5) is 14.2. The van der Waals surface area contributed by atoms with Gasteiger partial charge in [0.1, 0.15) is 11.6 Å². The van der Waals surface area contributed by atoms with Gasteiger partial charge in [0, 0.05) is 35.8 Å². The second-order valence-corrected chi connectivity index (χ2v) is 6.24. The van der Waals surface area contributed by atoms with Crippen molar-refractivity contribution in [2.75, 3.05) is 11.6 Å². The molecule has 1 saturated heterocycles. The minimum atomic E-state index is -0.593. The van der Waals surface area contributed by atoms with Gasteiger partial charge in [0.25, 0.3) is 0 Å². The number of halogens is 2. The first-order valence-corrected chi connectivity index (χ1v) is 7.86. The molecule has 1 atom stereocenters. The van der Waals surface area contributed by atoms with E-state index in [1.807, 2.05) is 0 Å². The predicted molar refractivity (Wildman–Crippen MR) is 74.2 cm³/mol. The molecule has 2 fully saturated rings. The van der Waals surface area contributed by atoms with Gasteiger partial charge in [-0.25, -0.2) is 8.78 Å². The van der Waals surface area contributed by atoms with E-state index < -0.39 is 11.6 Å². The average molecular weight is 298 g/mol. The van der Waals surface area contributed by atoms with Gasteiger partial charge in [-0.05, 0) is 18.9 Å². The van der Waals surface area contributed by atoms with Crippen LogP contribution in [0.5, 0.6) is 0 Å². The van der Waals surface area contributed by atoms with Gasteiger partial charge in [0.2, 0.25) is 5.91 Å². The van der Waals surface area contributed by atoms with E-state index in [9.17, 15) is 13.6 Å². The number of rotatable bonds is 4. The molecule has 0 radical (unpaired) electrons. The van der Waals surface area contributed by atoms with Crippen molar-refractivity contribution >= 4 is 17.7 Å². The average Bonchev–Trinajstić information content (AvgIpc) is 3.11.